The SMILES string of the molecule is O=C(CC1CC1)NCC1CCN([C@@H]2CCOC2)CC1. The molecule has 2 aliphatic heterocycles. The normalized spacial score (nSPS) is 29.6. The first-order valence-corrected chi connectivity index (χ1v) is 7.90. The van der Waals surface area contributed by atoms with Crippen molar-refractivity contribution in [3.05, 3.63) is 0 Å². The first-order chi connectivity index (χ1) is 9.31. The van der Waals surface area contributed by atoms with E-state index in [9.17, 15) is 4.79 Å². The molecule has 3 fully saturated rings. The van der Waals surface area contributed by atoms with Gasteiger partial charge >= 0.3 is 0 Å². The number of ether oxygens (including phenoxy) is 1. The first kappa shape index (κ1) is 13.4. The van der Waals surface area contributed by atoms with Crippen LogP contribution in [0, 0.1) is 11.8 Å². The molecule has 0 spiro atoms. The van der Waals surface area contributed by atoms with Crippen LogP contribution in [0.15, 0.2) is 0 Å². The lowest BCUT2D eigenvalue weighted by molar-refractivity contribution is -0.121. The third-order valence-electron chi connectivity index (χ3n) is 4.83. The van der Waals surface area contributed by atoms with E-state index in [1.54, 1.807) is 0 Å². The number of carbonyl (C=O) groups is 1. The monoisotopic (exact) mass is 266 g/mol. The van der Waals surface area contributed by atoms with Crippen molar-refractivity contribution in [1.82, 2.24) is 10.2 Å². The highest BCUT2D eigenvalue weighted by Crippen LogP contribution is 2.32. The van der Waals surface area contributed by atoms with Gasteiger partial charge in [0, 0.05) is 25.6 Å². The van der Waals surface area contributed by atoms with E-state index < -0.39 is 0 Å². The number of piperidine rings is 1. The maximum absolute atomic E-state index is 11.7. The lowest BCUT2D eigenvalue weighted by Gasteiger charge is -2.35. The van der Waals surface area contributed by atoms with Crippen molar-refractivity contribution in [3.63, 3.8) is 0 Å². The molecule has 0 unspecified atom stereocenters. The van der Waals surface area contributed by atoms with E-state index in [4.69, 9.17) is 4.74 Å². The molecule has 2 heterocycles. The quantitative estimate of drug-likeness (QED) is 0.818. The molecule has 4 nitrogen and oxygen atoms in total. The van der Waals surface area contributed by atoms with Gasteiger partial charge in [0.2, 0.25) is 5.91 Å². The molecular weight excluding hydrogens is 240 g/mol. The fourth-order valence-electron chi connectivity index (χ4n) is 3.25. The van der Waals surface area contributed by atoms with Crippen LogP contribution in [0.1, 0.15) is 38.5 Å². The van der Waals surface area contributed by atoms with Crippen LogP contribution in [0.4, 0.5) is 0 Å². The van der Waals surface area contributed by atoms with Gasteiger partial charge in [-0.05, 0) is 57.0 Å². The molecule has 4 heteroatoms. The van der Waals surface area contributed by atoms with Crippen LogP contribution in [0.3, 0.4) is 0 Å². The van der Waals surface area contributed by atoms with E-state index in [0.29, 0.717) is 17.9 Å². The Morgan fingerprint density at radius 2 is 1.89 bits per heavy atom. The molecule has 2 saturated heterocycles. The number of likely N-dealkylation sites (tertiary alicyclic amines) is 1. The van der Waals surface area contributed by atoms with Gasteiger partial charge in [0.05, 0.1) is 6.61 Å². The molecule has 0 aromatic rings. The average Bonchev–Trinajstić information content (AvgIpc) is 3.07. The van der Waals surface area contributed by atoms with Gasteiger partial charge in [0.25, 0.3) is 0 Å². The van der Waals surface area contributed by atoms with Crippen LogP contribution >= 0.6 is 0 Å². The van der Waals surface area contributed by atoms with Crippen molar-refractivity contribution in [1.29, 1.82) is 0 Å². The molecule has 0 aromatic heterocycles. The lowest BCUT2D eigenvalue weighted by atomic mass is 9.95. The summed E-state index contributed by atoms with van der Waals surface area (Å²) in [5.41, 5.74) is 0. The Morgan fingerprint density at radius 1 is 1.11 bits per heavy atom. The van der Waals surface area contributed by atoms with Crippen LogP contribution < -0.4 is 5.32 Å². The number of carbonyl (C=O) groups excluding carboxylic acids is 1. The number of nitrogens with zero attached hydrogens (tertiary/aromatic N) is 1. The lowest BCUT2D eigenvalue weighted by Crippen LogP contribution is -2.44. The van der Waals surface area contributed by atoms with Crippen LogP contribution in [-0.4, -0.2) is 49.7 Å². The fraction of sp³-hybridized carbons (Fsp3) is 0.933. The van der Waals surface area contributed by atoms with Crippen LogP contribution in [0.25, 0.3) is 0 Å². The van der Waals surface area contributed by atoms with Gasteiger partial charge in [-0.25, -0.2) is 0 Å². The zero-order chi connectivity index (χ0) is 13.1. The second-order valence-corrected chi connectivity index (χ2v) is 6.45. The predicted octanol–water partition coefficient (Wildman–Crippen LogP) is 1.40. The highest BCUT2D eigenvalue weighted by Gasteiger charge is 2.28. The van der Waals surface area contributed by atoms with Gasteiger partial charge < -0.3 is 10.1 Å². The summed E-state index contributed by atoms with van der Waals surface area (Å²) in [6, 6.07) is 0.658. The van der Waals surface area contributed by atoms with Crippen LogP contribution in [0.5, 0.6) is 0 Å². The highest BCUT2D eigenvalue weighted by atomic mass is 16.5. The van der Waals surface area contributed by atoms with E-state index in [1.165, 1.54) is 45.2 Å². The molecule has 0 radical (unpaired) electrons. The summed E-state index contributed by atoms with van der Waals surface area (Å²) in [4.78, 5) is 14.3. The third-order valence-corrected chi connectivity index (χ3v) is 4.83. The number of amides is 1. The average molecular weight is 266 g/mol. The van der Waals surface area contributed by atoms with Crippen molar-refractivity contribution < 1.29 is 9.53 Å². The number of hydrogen-bond donors (Lipinski definition) is 1. The largest absolute Gasteiger partial charge is 0.380 e. The molecule has 108 valence electrons. The van der Waals surface area contributed by atoms with E-state index in [-0.39, 0.29) is 5.91 Å². The molecule has 3 aliphatic rings. The van der Waals surface area contributed by atoms with Crippen LogP contribution in [-0.2, 0) is 9.53 Å². The number of nitrogens with one attached hydrogen (secondary N) is 1. The summed E-state index contributed by atoms with van der Waals surface area (Å²) in [6.07, 6.45) is 6.92. The molecule has 0 aromatic carbocycles. The standard InChI is InChI=1S/C15H26N2O2/c18-15(9-12-1-2-12)16-10-13-3-6-17(7-4-13)14-5-8-19-11-14/h12-14H,1-11H2,(H,16,18)/t14-/m1/s1. The Bertz CT molecular complexity index is 303. The van der Waals surface area contributed by atoms with E-state index >= 15 is 0 Å². The summed E-state index contributed by atoms with van der Waals surface area (Å²) in [5.74, 6) is 1.65. The third kappa shape index (κ3) is 3.93. The number of hydrogen-bond acceptors (Lipinski definition) is 3. The topological polar surface area (TPSA) is 41.6 Å². The minimum atomic E-state index is 0.272. The fourth-order valence-corrected chi connectivity index (χ4v) is 3.25. The van der Waals surface area contributed by atoms with E-state index in [1.807, 2.05) is 0 Å². The second-order valence-electron chi connectivity index (χ2n) is 6.45. The van der Waals surface area contributed by atoms with E-state index in [2.05, 4.69) is 10.2 Å². The Morgan fingerprint density at radius 3 is 2.53 bits per heavy atom. The highest BCUT2D eigenvalue weighted by molar-refractivity contribution is 5.76. The van der Waals surface area contributed by atoms with Crippen LogP contribution in [0.2, 0.25) is 0 Å². The summed E-state index contributed by atoms with van der Waals surface area (Å²) < 4.78 is 5.46. The van der Waals surface area contributed by atoms with Crippen molar-refractivity contribution in [2.75, 3.05) is 32.8 Å². The molecule has 3 rings (SSSR count). The van der Waals surface area contributed by atoms with Crippen molar-refractivity contribution in [2.24, 2.45) is 11.8 Å². The molecular formula is C15H26N2O2. The first-order valence-electron chi connectivity index (χ1n) is 7.90. The Kier molecular flexibility index (Phi) is 4.38. The van der Waals surface area contributed by atoms with Gasteiger partial charge in [0.15, 0.2) is 0 Å². The summed E-state index contributed by atoms with van der Waals surface area (Å²) in [6.45, 7) is 5.10. The zero-order valence-corrected chi connectivity index (χ0v) is 11.8. The maximum Gasteiger partial charge on any atom is 0.220 e. The summed E-state index contributed by atoms with van der Waals surface area (Å²) in [7, 11) is 0. The van der Waals surface area contributed by atoms with Gasteiger partial charge in [0.1, 0.15) is 0 Å². The predicted molar refractivity (Wildman–Crippen MR) is 73.9 cm³/mol. The molecule has 1 atom stereocenters. The second kappa shape index (κ2) is 6.23. The van der Waals surface area contributed by atoms with Gasteiger partial charge in [-0.3, -0.25) is 9.69 Å². The number of rotatable bonds is 5. The Balaban J connectivity index is 1.32. The van der Waals surface area contributed by atoms with Gasteiger partial charge in [-0.15, -0.1) is 0 Å². The van der Waals surface area contributed by atoms with Crippen molar-refractivity contribution >= 4 is 5.91 Å². The molecule has 1 saturated carbocycles. The molecule has 0 bridgehead atoms. The molecule has 19 heavy (non-hydrogen) atoms. The van der Waals surface area contributed by atoms with Gasteiger partial charge in [-0.1, -0.05) is 0 Å². The van der Waals surface area contributed by atoms with Gasteiger partial charge in [-0.2, -0.15) is 0 Å². The molecule has 1 amide bonds. The minimum absolute atomic E-state index is 0.272. The molecule has 1 N–H and O–H groups in total. The molecule has 1 aliphatic carbocycles. The smallest absolute Gasteiger partial charge is 0.220 e. The van der Waals surface area contributed by atoms with E-state index in [0.717, 1.165) is 26.2 Å². The van der Waals surface area contributed by atoms with Crippen molar-refractivity contribution in [3.8, 4) is 0 Å². The maximum atomic E-state index is 11.7. The summed E-state index contributed by atoms with van der Waals surface area (Å²) >= 11 is 0. The Hall–Kier alpha value is -0.610. The zero-order valence-electron chi connectivity index (χ0n) is 11.8. The Labute approximate surface area is 115 Å². The van der Waals surface area contributed by atoms with Crippen molar-refractivity contribution in [2.45, 2.75) is 44.6 Å². The summed E-state index contributed by atoms with van der Waals surface area (Å²) in [5, 5.41) is 3.13. The minimum Gasteiger partial charge on any atom is -0.380 e.